The summed E-state index contributed by atoms with van der Waals surface area (Å²) in [6.07, 6.45) is 30.9. The van der Waals surface area contributed by atoms with Gasteiger partial charge in [-0.25, -0.2) is 5.43 Å². The number of hydrogen-bond donors (Lipinski definition) is 4. The van der Waals surface area contributed by atoms with E-state index in [1.54, 1.807) is 0 Å². The quantitative estimate of drug-likeness (QED) is 0.0289. The summed E-state index contributed by atoms with van der Waals surface area (Å²) in [6, 6.07) is -0.218. The molecule has 0 saturated carbocycles. The summed E-state index contributed by atoms with van der Waals surface area (Å²) in [4.78, 5) is 42.1. The minimum atomic E-state index is -0.218. The maximum absolute atomic E-state index is 13.3. The van der Waals surface area contributed by atoms with Crippen molar-refractivity contribution in [3.63, 3.8) is 0 Å². The zero-order chi connectivity index (χ0) is 36.8. The molecule has 0 fully saturated rings. The van der Waals surface area contributed by atoms with Gasteiger partial charge in [-0.2, -0.15) is 0 Å². The highest BCUT2D eigenvalue weighted by Crippen LogP contribution is 2.14. The third-order valence-electron chi connectivity index (χ3n) is 9.81. The molecule has 50 heavy (non-hydrogen) atoms. The first-order valence-corrected chi connectivity index (χ1v) is 21.4. The summed E-state index contributed by atoms with van der Waals surface area (Å²) in [5, 5.41) is 3.21. The van der Waals surface area contributed by atoms with E-state index in [4.69, 9.17) is 5.73 Å². The SMILES string of the molecule is CCCCCCCCCCCC(=O)N(CCCCN(CCCNN[C@@H](C=O)CCCCN)C(=O)CCCCCCCCCCC)CCCNC. The molecule has 0 radical (unpaired) electrons. The van der Waals surface area contributed by atoms with Crippen LogP contribution < -0.4 is 21.9 Å². The van der Waals surface area contributed by atoms with Gasteiger partial charge in [-0.3, -0.25) is 15.0 Å². The Morgan fingerprint density at radius 1 is 0.560 bits per heavy atom. The number of rotatable bonds is 40. The third kappa shape index (κ3) is 31.2. The van der Waals surface area contributed by atoms with Gasteiger partial charge in [0.25, 0.3) is 0 Å². The molecule has 2 amide bonds. The van der Waals surface area contributed by atoms with Crippen LogP contribution in [-0.2, 0) is 14.4 Å². The number of aldehydes is 1. The van der Waals surface area contributed by atoms with E-state index in [1.807, 2.05) is 11.9 Å². The van der Waals surface area contributed by atoms with Crippen LogP contribution in [0.4, 0.5) is 0 Å². The second kappa shape index (κ2) is 38.7. The van der Waals surface area contributed by atoms with Gasteiger partial charge in [0.05, 0.1) is 6.04 Å². The van der Waals surface area contributed by atoms with Crippen molar-refractivity contribution in [3.05, 3.63) is 0 Å². The topological polar surface area (TPSA) is 120 Å². The molecule has 1 atom stereocenters. The standard InChI is InChI=1S/C41H84N6O3/c1-4-6-8-10-12-14-16-18-20-29-40(49)46(36-26-32-43-3)34-24-25-35-47(37-27-33-44-45-39(38-48)28-22-23-31-42)41(50)30-21-19-17-15-13-11-9-7-5-2/h38-39,43-45H,4-37,42H2,1-3H3/t39-/m1/s1. The van der Waals surface area contributed by atoms with Crippen LogP contribution in [0.25, 0.3) is 0 Å². The van der Waals surface area contributed by atoms with E-state index >= 15 is 0 Å². The number of hydrazine groups is 1. The Morgan fingerprint density at radius 3 is 1.40 bits per heavy atom. The highest BCUT2D eigenvalue weighted by atomic mass is 16.2. The molecule has 296 valence electrons. The second-order valence-corrected chi connectivity index (χ2v) is 14.5. The summed E-state index contributed by atoms with van der Waals surface area (Å²) < 4.78 is 0. The third-order valence-corrected chi connectivity index (χ3v) is 9.81. The van der Waals surface area contributed by atoms with Gasteiger partial charge in [0, 0.05) is 45.6 Å². The van der Waals surface area contributed by atoms with Crippen molar-refractivity contribution in [1.29, 1.82) is 0 Å². The van der Waals surface area contributed by atoms with Crippen molar-refractivity contribution in [2.45, 2.75) is 193 Å². The van der Waals surface area contributed by atoms with Crippen LogP contribution in [0.1, 0.15) is 187 Å². The number of nitrogens with zero attached hydrogens (tertiary/aromatic N) is 2. The molecule has 0 aromatic heterocycles. The molecule has 0 aliphatic carbocycles. The first kappa shape index (κ1) is 48.5. The molecular weight excluding hydrogens is 624 g/mol. The molecule has 0 heterocycles. The highest BCUT2D eigenvalue weighted by molar-refractivity contribution is 5.76. The van der Waals surface area contributed by atoms with Crippen molar-refractivity contribution in [2.75, 3.05) is 52.9 Å². The van der Waals surface area contributed by atoms with Crippen LogP contribution in [0, 0.1) is 0 Å². The average Bonchev–Trinajstić information content (AvgIpc) is 3.12. The van der Waals surface area contributed by atoms with E-state index in [-0.39, 0.29) is 17.9 Å². The normalized spacial score (nSPS) is 11.9. The summed E-state index contributed by atoms with van der Waals surface area (Å²) in [5.74, 6) is 0.540. The van der Waals surface area contributed by atoms with Crippen LogP contribution in [0.2, 0.25) is 0 Å². The summed E-state index contributed by atoms with van der Waals surface area (Å²) in [7, 11) is 1.96. The van der Waals surface area contributed by atoms with E-state index in [9.17, 15) is 14.4 Å². The molecule has 0 bridgehead atoms. The number of carbonyl (C=O) groups excluding carboxylic acids is 3. The first-order valence-electron chi connectivity index (χ1n) is 21.4. The van der Waals surface area contributed by atoms with Gasteiger partial charge >= 0.3 is 0 Å². The van der Waals surface area contributed by atoms with Crippen LogP contribution in [0.5, 0.6) is 0 Å². The lowest BCUT2D eigenvalue weighted by molar-refractivity contribution is -0.133. The largest absolute Gasteiger partial charge is 0.343 e. The first-order chi connectivity index (χ1) is 24.5. The minimum Gasteiger partial charge on any atom is -0.343 e. The van der Waals surface area contributed by atoms with E-state index in [1.165, 1.54) is 89.9 Å². The van der Waals surface area contributed by atoms with Gasteiger partial charge in [0.2, 0.25) is 11.8 Å². The molecule has 9 nitrogen and oxygen atoms in total. The fourth-order valence-corrected chi connectivity index (χ4v) is 6.51. The number of nitrogens with one attached hydrogen (secondary N) is 3. The number of carbonyl (C=O) groups is 3. The lowest BCUT2D eigenvalue weighted by Gasteiger charge is -2.26. The Bertz CT molecular complexity index is 756. The van der Waals surface area contributed by atoms with Crippen LogP contribution in [0.15, 0.2) is 0 Å². The van der Waals surface area contributed by atoms with Gasteiger partial charge in [0.1, 0.15) is 6.29 Å². The van der Waals surface area contributed by atoms with Gasteiger partial charge < -0.3 is 25.6 Å². The van der Waals surface area contributed by atoms with Gasteiger partial charge in [0.15, 0.2) is 0 Å². The van der Waals surface area contributed by atoms with Crippen molar-refractivity contribution < 1.29 is 14.4 Å². The zero-order valence-corrected chi connectivity index (χ0v) is 33.4. The number of amides is 2. The molecule has 9 heteroatoms. The van der Waals surface area contributed by atoms with Crippen molar-refractivity contribution >= 4 is 18.1 Å². The van der Waals surface area contributed by atoms with Crippen molar-refractivity contribution in [2.24, 2.45) is 5.73 Å². The second-order valence-electron chi connectivity index (χ2n) is 14.5. The molecule has 0 aliphatic heterocycles. The van der Waals surface area contributed by atoms with Gasteiger partial charge in [-0.15, -0.1) is 0 Å². The summed E-state index contributed by atoms with van der Waals surface area (Å²) in [6.45, 7) is 9.76. The Balaban J connectivity index is 4.77. The monoisotopic (exact) mass is 709 g/mol. The zero-order valence-electron chi connectivity index (χ0n) is 33.4. The average molecular weight is 709 g/mol. The van der Waals surface area contributed by atoms with Gasteiger partial charge in [-0.1, -0.05) is 123 Å². The summed E-state index contributed by atoms with van der Waals surface area (Å²) >= 11 is 0. The fraction of sp³-hybridized carbons (Fsp3) is 0.927. The van der Waals surface area contributed by atoms with Crippen LogP contribution in [0.3, 0.4) is 0 Å². The molecule has 0 aromatic rings. The van der Waals surface area contributed by atoms with Crippen LogP contribution in [-0.4, -0.2) is 86.8 Å². The van der Waals surface area contributed by atoms with Gasteiger partial charge in [-0.05, 0) is 71.5 Å². The molecular formula is C41H84N6O3. The molecule has 5 N–H and O–H groups in total. The van der Waals surface area contributed by atoms with E-state index in [0.717, 1.165) is 103 Å². The highest BCUT2D eigenvalue weighted by Gasteiger charge is 2.16. The molecule has 0 rings (SSSR count). The Hall–Kier alpha value is -1.55. The molecule has 0 unspecified atom stereocenters. The fourth-order valence-electron chi connectivity index (χ4n) is 6.51. The lowest BCUT2D eigenvalue weighted by atomic mass is 10.1. The van der Waals surface area contributed by atoms with Crippen molar-refractivity contribution in [3.8, 4) is 0 Å². The Labute approximate surface area is 309 Å². The molecule has 0 aromatic carbocycles. The van der Waals surface area contributed by atoms with Crippen molar-refractivity contribution in [1.82, 2.24) is 26.0 Å². The number of unbranched alkanes of at least 4 members (excludes halogenated alkanes) is 18. The number of hydrogen-bond acceptors (Lipinski definition) is 7. The van der Waals surface area contributed by atoms with E-state index in [2.05, 4.69) is 34.9 Å². The lowest BCUT2D eigenvalue weighted by Crippen LogP contribution is -2.43. The summed E-state index contributed by atoms with van der Waals surface area (Å²) in [5.41, 5.74) is 11.9. The smallest absolute Gasteiger partial charge is 0.222 e. The Morgan fingerprint density at radius 2 is 0.980 bits per heavy atom. The van der Waals surface area contributed by atoms with Crippen LogP contribution >= 0.6 is 0 Å². The van der Waals surface area contributed by atoms with E-state index < -0.39 is 0 Å². The minimum absolute atomic E-state index is 0.218. The molecule has 0 saturated heterocycles. The molecule has 0 aliphatic rings. The maximum atomic E-state index is 13.3. The maximum Gasteiger partial charge on any atom is 0.222 e. The van der Waals surface area contributed by atoms with E-state index in [0.29, 0.717) is 32.5 Å². The predicted molar refractivity (Wildman–Crippen MR) is 213 cm³/mol. The predicted octanol–water partition coefficient (Wildman–Crippen LogP) is 8.06. The Kier molecular flexibility index (Phi) is 37.5. The molecule has 0 spiro atoms. The number of nitrogens with two attached hydrogens (primary N) is 1.